The van der Waals surface area contributed by atoms with Gasteiger partial charge in [0.05, 0.1) is 7.11 Å². The Hall–Kier alpha value is -2.41. The third-order valence-electron chi connectivity index (χ3n) is 3.34. The monoisotopic (exact) mass is 328 g/mol. The number of carbonyl (C=O) groups excluding carboxylic acids is 1. The molecule has 3 aromatic rings. The van der Waals surface area contributed by atoms with E-state index in [0.717, 1.165) is 17.0 Å². The second-order valence-corrected chi connectivity index (χ2v) is 6.15. The molecule has 118 valence electrons. The van der Waals surface area contributed by atoms with Crippen LogP contribution in [0.25, 0.3) is 5.78 Å². The van der Waals surface area contributed by atoms with Gasteiger partial charge in [-0.15, -0.1) is 5.10 Å². The van der Waals surface area contributed by atoms with Crippen molar-refractivity contribution in [2.24, 2.45) is 0 Å². The lowest BCUT2D eigenvalue weighted by Gasteiger charge is -2.12. The van der Waals surface area contributed by atoms with Gasteiger partial charge in [-0.05, 0) is 25.5 Å². The van der Waals surface area contributed by atoms with Gasteiger partial charge in [0.2, 0.25) is 5.16 Å². The molecule has 1 atom stereocenters. The summed E-state index contributed by atoms with van der Waals surface area (Å²) in [6.07, 6.45) is 0. The van der Waals surface area contributed by atoms with Crippen LogP contribution in [-0.2, 0) is 9.53 Å². The van der Waals surface area contributed by atoms with Gasteiger partial charge in [0, 0.05) is 11.4 Å². The molecule has 0 amide bonds. The quantitative estimate of drug-likeness (QED) is 0.542. The van der Waals surface area contributed by atoms with Crippen LogP contribution in [0, 0.1) is 13.8 Å². The second kappa shape index (κ2) is 6.37. The number of methoxy groups -OCH3 is 1. The van der Waals surface area contributed by atoms with Gasteiger partial charge in [-0.25, -0.2) is 9.50 Å². The van der Waals surface area contributed by atoms with Gasteiger partial charge >= 0.3 is 5.97 Å². The second-order valence-electron chi connectivity index (χ2n) is 5.08. The van der Waals surface area contributed by atoms with E-state index in [1.807, 2.05) is 50.2 Å². The summed E-state index contributed by atoms with van der Waals surface area (Å²) in [7, 11) is 1.38. The van der Waals surface area contributed by atoms with Crippen LogP contribution in [0.5, 0.6) is 0 Å². The topological polar surface area (TPSA) is 69.4 Å². The molecule has 1 aromatic carbocycles. The lowest BCUT2D eigenvalue weighted by Crippen LogP contribution is -2.11. The number of rotatable bonds is 4. The largest absolute Gasteiger partial charge is 0.468 e. The Labute approximate surface area is 137 Å². The van der Waals surface area contributed by atoms with E-state index < -0.39 is 5.25 Å². The highest BCUT2D eigenvalue weighted by Crippen LogP contribution is 2.34. The zero-order valence-electron chi connectivity index (χ0n) is 13.1. The van der Waals surface area contributed by atoms with E-state index in [1.165, 1.54) is 18.9 Å². The number of hydrogen-bond donors (Lipinski definition) is 0. The molecule has 0 bridgehead atoms. The molecule has 0 fully saturated rings. The molecular weight excluding hydrogens is 312 g/mol. The van der Waals surface area contributed by atoms with Crippen molar-refractivity contribution < 1.29 is 9.53 Å². The van der Waals surface area contributed by atoms with Crippen LogP contribution in [-0.4, -0.2) is 32.7 Å². The minimum Gasteiger partial charge on any atom is -0.468 e. The number of aromatic nitrogens is 4. The van der Waals surface area contributed by atoms with E-state index in [9.17, 15) is 4.79 Å². The van der Waals surface area contributed by atoms with Gasteiger partial charge < -0.3 is 4.74 Å². The fourth-order valence-electron chi connectivity index (χ4n) is 2.29. The van der Waals surface area contributed by atoms with Gasteiger partial charge in [-0.1, -0.05) is 42.1 Å². The Morgan fingerprint density at radius 3 is 2.65 bits per heavy atom. The van der Waals surface area contributed by atoms with Crippen LogP contribution in [0.3, 0.4) is 0 Å². The summed E-state index contributed by atoms with van der Waals surface area (Å²) < 4.78 is 6.59. The molecule has 0 N–H and O–H groups in total. The summed E-state index contributed by atoms with van der Waals surface area (Å²) in [6.45, 7) is 3.86. The normalized spacial score (nSPS) is 12.3. The predicted octanol–water partition coefficient (Wildman–Crippen LogP) is 2.75. The number of aryl methyl sites for hydroxylation is 2. The van der Waals surface area contributed by atoms with E-state index in [-0.39, 0.29) is 5.97 Å². The van der Waals surface area contributed by atoms with Gasteiger partial charge in [0.25, 0.3) is 5.78 Å². The van der Waals surface area contributed by atoms with Crippen molar-refractivity contribution in [1.29, 1.82) is 0 Å². The smallest absolute Gasteiger partial charge is 0.323 e. The molecule has 0 radical (unpaired) electrons. The Bertz CT molecular complexity index is 848. The Morgan fingerprint density at radius 2 is 1.96 bits per heavy atom. The summed E-state index contributed by atoms with van der Waals surface area (Å²) in [5, 5.41) is 4.41. The zero-order valence-corrected chi connectivity index (χ0v) is 13.9. The van der Waals surface area contributed by atoms with Gasteiger partial charge in [-0.2, -0.15) is 4.98 Å². The van der Waals surface area contributed by atoms with Crippen molar-refractivity contribution in [3.8, 4) is 0 Å². The molecular formula is C16H16N4O2S. The van der Waals surface area contributed by atoms with Gasteiger partial charge in [0.15, 0.2) is 0 Å². The zero-order chi connectivity index (χ0) is 16.4. The molecule has 23 heavy (non-hydrogen) atoms. The molecule has 6 nitrogen and oxygen atoms in total. The number of ether oxygens (including phenoxy) is 1. The van der Waals surface area contributed by atoms with E-state index in [4.69, 9.17) is 4.74 Å². The highest BCUT2D eigenvalue weighted by molar-refractivity contribution is 8.00. The SMILES string of the molecule is COC(=O)[C@@H](Sc1nc2nc(C)cc(C)n2n1)c1ccccc1. The van der Waals surface area contributed by atoms with Crippen molar-refractivity contribution in [3.63, 3.8) is 0 Å². The average Bonchev–Trinajstić information content (AvgIpc) is 2.95. The van der Waals surface area contributed by atoms with Gasteiger partial charge in [-0.3, -0.25) is 4.79 Å². The van der Waals surface area contributed by atoms with Crippen LogP contribution >= 0.6 is 11.8 Å². The first-order chi connectivity index (χ1) is 11.1. The third-order valence-corrected chi connectivity index (χ3v) is 4.42. The highest BCUT2D eigenvalue weighted by atomic mass is 32.2. The first kappa shape index (κ1) is 15.5. The predicted molar refractivity (Wildman–Crippen MR) is 87.3 cm³/mol. The number of esters is 1. The highest BCUT2D eigenvalue weighted by Gasteiger charge is 2.25. The standard InChI is InChI=1S/C16H16N4O2S/c1-10-9-11(2)20-15(17-10)18-16(19-20)23-13(14(21)22-3)12-7-5-4-6-8-12/h4-9,13H,1-3H3/t13-/m0/s1. The Balaban J connectivity index is 1.97. The van der Waals surface area contributed by atoms with E-state index >= 15 is 0 Å². The fourth-order valence-corrected chi connectivity index (χ4v) is 3.25. The number of thioether (sulfide) groups is 1. The summed E-state index contributed by atoms with van der Waals surface area (Å²) in [5.41, 5.74) is 2.68. The maximum atomic E-state index is 12.1. The molecule has 2 heterocycles. The summed E-state index contributed by atoms with van der Waals surface area (Å²) >= 11 is 1.26. The van der Waals surface area contributed by atoms with Crippen molar-refractivity contribution in [2.75, 3.05) is 7.11 Å². The minimum atomic E-state index is -0.514. The van der Waals surface area contributed by atoms with Crippen LogP contribution in [0.1, 0.15) is 22.2 Å². The fraction of sp³-hybridized carbons (Fsp3) is 0.250. The molecule has 7 heteroatoms. The maximum Gasteiger partial charge on any atom is 0.323 e. The molecule has 0 saturated heterocycles. The number of nitrogens with zero attached hydrogens (tertiary/aromatic N) is 4. The van der Waals surface area contributed by atoms with Crippen molar-refractivity contribution in [1.82, 2.24) is 19.6 Å². The third kappa shape index (κ3) is 3.19. The number of hydrogen-bond acceptors (Lipinski definition) is 6. The van der Waals surface area contributed by atoms with E-state index in [1.54, 1.807) is 4.52 Å². The number of carbonyl (C=O) groups is 1. The first-order valence-electron chi connectivity index (χ1n) is 7.09. The lowest BCUT2D eigenvalue weighted by atomic mass is 10.1. The molecule has 0 aliphatic carbocycles. The van der Waals surface area contributed by atoms with Crippen LogP contribution in [0.15, 0.2) is 41.6 Å². The van der Waals surface area contributed by atoms with Crippen LogP contribution < -0.4 is 0 Å². The minimum absolute atomic E-state index is 0.332. The van der Waals surface area contributed by atoms with Crippen LogP contribution in [0.2, 0.25) is 0 Å². The molecule has 0 spiro atoms. The Kier molecular flexibility index (Phi) is 4.29. The number of fused-ring (bicyclic) bond motifs is 1. The summed E-state index contributed by atoms with van der Waals surface area (Å²) in [5.74, 6) is 0.197. The van der Waals surface area contributed by atoms with Gasteiger partial charge in [0.1, 0.15) is 5.25 Å². The molecule has 3 rings (SSSR count). The maximum absolute atomic E-state index is 12.1. The summed E-state index contributed by atoms with van der Waals surface area (Å²) in [6, 6.07) is 11.4. The molecule has 0 saturated carbocycles. The molecule has 0 aliphatic heterocycles. The molecule has 2 aromatic heterocycles. The number of benzene rings is 1. The molecule has 0 unspecified atom stereocenters. The molecule has 0 aliphatic rings. The van der Waals surface area contributed by atoms with E-state index in [2.05, 4.69) is 15.1 Å². The first-order valence-corrected chi connectivity index (χ1v) is 7.97. The van der Waals surface area contributed by atoms with Crippen molar-refractivity contribution in [2.45, 2.75) is 24.3 Å². The Morgan fingerprint density at radius 1 is 1.22 bits per heavy atom. The average molecular weight is 328 g/mol. The van der Waals surface area contributed by atoms with E-state index in [0.29, 0.717) is 10.9 Å². The van der Waals surface area contributed by atoms with Crippen molar-refractivity contribution in [3.05, 3.63) is 53.3 Å². The van der Waals surface area contributed by atoms with Crippen LogP contribution in [0.4, 0.5) is 0 Å². The lowest BCUT2D eigenvalue weighted by molar-refractivity contribution is -0.140. The summed E-state index contributed by atoms with van der Waals surface area (Å²) in [4.78, 5) is 20.9. The van der Waals surface area contributed by atoms with Crippen molar-refractivity contribution >= 4 is 23.5 Å².